The Hall–Kier alpha value is -3.89. The number of amides is 1. The van der Waals surface area contributed by atoms with Gasteiger partial charge in [0.1, 0.15) is 17.0 Å². The SMILES string of the molecule is COC(=O)N1N=C(c2cc(=O)oc3cc(OC)ccc23)C(C(=O)O)=NN1. The first-order valence-electron chi connectivity index (χ1n) is 7.10. The van der Waals surface area contributed by atoms with Crippen molar-refractivity contribution < 1.29 is 28.6 Å². The Morgan fingerprint density at radius 2 is 2.04 bits per heavy atom. The first-order chi connectivity index (χ1) is 12.4. The second-order valence-corrected chi connectivity index (χ2v) is 4.94. The molecule has 11 nitrogen and oxygen atoms in total. The molecule has 0 aliphatic carbocycles. The molecule has 0 fully saturated rings. The van der Waals surface area contributed by atoms with Crippen LogP contribution in [0.5, 0.6) is 5.75 Å². The quantitative estimate of drug-likeness (QED) is 0.755. The molecule has 0 saturated carbocycles. The van der Waals surface area contributed by atoms with E-state index in [4.69, 9.17) is 9.15 Å². The van der Waals surface area contributed by atoms with Crippen LogP contribution in [0.1, 0.15) is 5.56 Å². The van der Waals surface area contributed by atoms with E-state index in [-0.39, 0.29) is 16.9 Å². The molecule has 2 N–H and O–H groups in total. The van der Waals surface area contributed by atoms with Gasteiger partial charge in [-0.3, -0.25) is 0 Å². The van der Waals surface area contributed by atoms with E-state index in [1.54, 1.807) is 12.1 Å². The van der Waals surface area contributed by atoms with Crippen molar-refractivity contribution in [3.63, 3.8) is 0 Å². The molecule has 1 amide bonds. The average molecular weight is 360 g/mol. The number of nitrogens with one attached hydrogen (secondary N) is 1. The molecule has 0 unspecified atom stereocenters. The molecule has 0 saturated heterocycles. The van der Waals surface area contributed by atoms with Gasteiger partial charge in [0.05, 0.1) is 14.2 Å². The summed E-state index contributed by atoms with van der Waals surface area (Å²) in [5.74, 6) is -0.968. The highest BCUT2D eigenvalue weighted by molar-refractivity contribution is 6.69. The molecule has 2 aromatic rings. The van der Waals surface area contributed by atoms with Gasteiger partial charge in [-0.25, -0.2) is 14.4 Å². The highest BCUT2D eigenvalue weighted by Gasteiger charge is 2.29. The van der Waals surface area contributed by atoms with E-state index < -0.39 is 23.4 Å². The Bertz CT molecular complexity index is 1020. The van der Waals surface area contributed by atoms with E-state index >= 15 is 0 Å². The first-order valence-corrected chi connectivity index (χ1v) is 7.10. The normalized spacial score (nSPS) is 13.5. The minimum Gasteiger partial charge on any atom is -0.497 e. The maximum absolute atomic E-state index is 11.9. The van der Waals surface area contributed by atoms with E-state index in [1.165, 1.54) is 13.2 Å². The maximum Gasteiger partial charge on any atom is 0.451 e. The third-order valence-electron chi connectivity index (χ3n) is 3.44. The van der Waals surface area contributed by atoms with Crippen LogP contribution in [0.3, 0.4) is 0 Å². The molecular weight excluding hydrogens is 348 g/mol. The third-order valence-corrected chi connectivity index (χ3v) is 3.44. The summed E-state index contributed by atoms with van der Waals surface area (Å²) >= 11 is 0. The van der Waals surface area contributed by atoms with Crippen LogP contribution >= 0.6 is 0 Å². The van der Waals surface area contributed by atoms with Crippen LogP contribution in [-0.4, -0.2) is 47.9 Å². The van der Waals surface area contributed by atoms with Crippen molar-refractivity contribution in [2.45, 2.75) is 0 Å². The maximum atomic E-state index is 11.9. The van der Waals surface area contributed by atoms with Crippen molar-refractivity contribution >= 4 is 34.5 Å². The fraction of sp³-hybridized carbons (Fsp3) is 0.133. The number of methoxy groups -OCH3 is 2. The number of rotatable bonds is 3. The molecular formula is C15H12N4O7. The summed E-state index contributed by atoms with van der Waals surface area (Å²) < 4.78 is 14.7. The summed E-state index contributed by atoms with van der Waals surface area (Å²) in [5.41, 5.74) is 0.965. The summed E-state index contributed by atoms with van der Waals surface area (Å²) in [6.45, 7) is 0. The molecule has 0 bridgehead atoms. The van der Waals surface area contributed by atoms with Gasteiger partial charge >= 0.3 is 17.7 Å². The van der Waals surface area contributed by atoms with Gasteiger partial charge in [-0.05, 0) is 12.1 Å². The van der Waals surface area contributed by atoms with Gasteiger partial charge in [0, 0.05) is 23.1 Å². The zero-order chi connectivity index (χ0) is 18.8. The molecule has 0 atom stereocenters. The monoisotopic (exact) mass is 360 g/mol. The number of carbonyl (C=O) groups excluding carboxylic acids is 1. The standard InChI is InChI=1S/C15H12N4O7/c1-24-7-3-4-8-9(6-11(20)26-10(8)5-7)12-13(14(21)22)16-18-19(17-12)15(23)25-2/h3-6,18H,1-2H3,(H,21,22). The highest BCUT2D eigenvalue weighted by atomic mass is 16.6. The largest absolute Gasteiger partial charge is 0.497 e. The minimum absolute atomic E-state index is 0.121. The van der Waals surface area contributed by atoms with Gasteiger partial charge in [-0.15, -0.1) is 10.2 Å². The van der Waals surface area contributed by atoms with Crippen LogP contribution in [0.2, 0.25) is 0 Å². The van der Waals surface area contributed by atoms with Crippen molar-refractivity contribution in [1.82, 2.24) is 10.7 Å². The number of hydrogen-bond donors (Lipinski definition) is 2. The van der Waals surface area contributed by atoms with E-state index in [0.717, 1.165) is 13.2 Å². The summed E-state index contributed by atoms with van der Waals surface area (Å²) in [7, 11) is 2.57. The summed E-state index contributed by atoms with van der Waals surface area (Å²) in [5, 5.41) is 17.9. The molecule has 0 spiro atoms. The molecule has 1 aromatic carbocycles. The van der Waals surface area contributed by atoms with Gasteiger partial charge in [-0.1, -0.05) is 5.12 Å². The lowest BCUT2D eigenvalue weighted by atomic mass is 10.0. The second kappa shape index (κ2) is 6.55. The summed E-state index contributed by atoms with van der Waals surface area (Å²) in [6.07, 6.45) is -0.926. The van der Waals surface area contributed by atoms with Crippen LogP contribution in [0.25, 0.3) is 11.0 Å². The molecule has 1 aliphatic heterocycles. The van der Waals surface area contributed by atoms with Crippen LogP contribution in [0.15, 0.2) is 43.7 Å². The Kier molecular flexibility index (Phi) is 4.27. The van der Waals surface area contributed by atoms with Gasteiger partial charge in [0.15, 0.2) is 5.71 Å². The first kappa shape index (κ1) is 17.0. The number of hydrazine groups is 1. The molecule has 3 rings (SSSR count). The van der Waals surface area contributed by atoms with Gasteiger partial charge in [-0.2, -0.15) is 5.53 Å². The summed E-state index contributed by atoms with van der Waals surface area (Å²) in [4.78, 5) is 35.1. The highest BCUT2D eigenvalue weighted by Crippen LogP contribution is 2.24. The number of carboxylic acids is 1. The topological polar surface area (TPSA) is 143 Å². The molecule has 1 aromatic heterocycles. The number of carbonyl (C=O) groups is 2. The van der Waals surface area contributed by atoms with E-state index in [9.17, 15) is 19.5 Å². The minimum atomic E-state index is -1.41. The van der Waals surface area contributed by atoms with Crippen molar-refractivity contribution in [2.24, 2.45) is 10.2 Å². The lowest BCUT2D eigenvalue weighted by molar-refractivity contribution is -0.129. The van der Waals surface area contributed by atoms with Gasteiger partial charge < -0.3 is 19.0 Å². The Morgan fingerprint density at radius 3 is 2.69 bits per heavy atom. The van der Waals surface area contributed by atoms with Crippen molar-refractivity contribution in [3.05, 3.63) is 40.2 Å². The molecule has 11 heteroatoms. The summed E-state index contributed by atoms with van der Waals surface area (Å²) in [6, 6.07) is 5.70. The van der Waals surface area contributed by atoms with E-state index in [1.807, 2.05) is 0 Å². The van der Waals surface area contributed by atoms with Crippen LogP contribution in [0.4, 0.5) is 4.79 Å². The van der Waals surface area contributed by atoms with Crippen molar-refractivity contribution in [2.75, 3.05) is 14.2 Å². The predicted molar refractivity (Wildman–Crippen MR) is 88.0 cm³/mol. The third kappa shape index (κ3) is 2.92. The van der Waals surface area contributed by atoms with Crippen molar-refractivity contribution in [3.8, 4) is 5.75 Å². The molecule has 134 valence electrons. The van der Waals surface area contributed by atoms with Crippen LogP contribution in [0, 0.1) is 0 Å². The van der Waals surface area contributed by atoms with Crippen LogP contribution in [-0.2, 0) is 9.53 Å². The Morgan fingerprint density at radius 1 is 1.27 bits per heavy atom. The number of nitrogens with zero attached hydrogens (tertiary/aromatic N) is 3. The van der Waals surface area contributed by atoms with Crippen molar-refractivity contribution in [1.29, 1.82) is 0 Å². The number of carboxylic acid groups (broad SMARTS) is 1. The van der Waals surface area contributed by atoms with Gasteiger partial charge in [0.25, 0.3) is 0 Å². The molecule has 1 aliphatic rings. The lowest BCUT2D eigenvalue weighted by Crippen LogP contribution is -2.44. The number of ether oxygens (including phenoxy) is 2. The molecule has 2 heterocycles. The number of aliphatic carboxylic acids is 1. The van der Waals surface area contributed by atoms with Crippen LogP contribution < -0.4 is 15.9 Å². The zero-order valence-electron chi connectivity index (χ0n) is 13.5. The molecule has 26 heavy (non-hydrogen) atoms. The number of fused-ring (bicyclic) bond motifs is 1. The number of benzene rings is 1. The van der Waals surface area contributed by atoms with E-state index in [2.05, 4.69) is 20.5 Å². The Balaban J connectivity index is 2.25. The fourth-order valence-electron chi connectivity index (χ4n) is 2.28. The second-order valence-electron chi connectivity index (χ2n) is 4.94. The van der Waals surface area contributed by atoms with E-state index in [0.29, 0.717) is 16.3 Å². The number of hydrazone groups is 2. The lowest BCUT2D eigenvalue weighted by Gasteiger charge is -2.21. The smallest absolute Gasteiger partial charge is 0.451 e. The average Bonchev–Trinajstić information content (AvgIpc) is 2.65. The zero-order valence-corrected chi connectivity index (χ0v) is 13.5. The predicted octanol–water partition coefficient (Wildman–Crippen LogP) is 0.533. The Labute approximate surface area is 145 Å². The van der Waals surface area contributed by atoms with Gasteiger partial charge in [0.2, 0.25) is 0 Å². The number of hydrogen-bond acceptors (Lipinski definition) is 9. The molecule has 0 radical (unpaired) electrons. The fourth-order valence-corrected chi connectivity index (χ4v) is 2.28.